The summed E-state index contributed by atoms with van der Waals surface area (Å²) in [7, 11) is -4.12. The van der Waals surface area contributed by atoms with Crippen molar-refractivity contribution in [3.63, 3.8) is 0 Å². The van der Waals surface area contributed by atoms with Gasteiger partial charge in [-0.3, -0.25) is 4.79 Å². The van der Waals surface area contributed by atoms with Crippen molar-refractivity contribution in [2.75, 3.05) is 6.54 Å². The number of benzene rings is 3. The van der Waals surface area contributed by atoms with Crippen LogP contribution in [0.25, 0.3) is 10.8 Å². The molecule has 0 spiro atoms. The van der Waals surface area contributed by atoms with Crippen molar-refractivity contribution in [3.05, 3.63) is 70.7 Å². The molecule has 1 aliphatic heterocycles. The molecule has 0 fully saturated rings. The maximum Gasteiger partial charge on any atom is 0.339 e. The molecule has 0 saturated carbocycles. The van der Waals surface area contributed by atoms with Crippen LogP contribution in [-0.4, -0.2) is 20.9 Å². The molecule has 3 N–H and O–H groups in total. The number of nitrogens with two attached hydrogens (primary N) is 1. The fourth-order valence-corrected chi connectivity index (χ4v) is 4.85. The quantitative estimate of drug-likeness (QED) is 0.637. The molecule has 4 rings (SSSR count). The fourth-order valence-electron chi connectivity index (χ4n) is 3.47. The second-order valence-electron chi connectivity index (χ2n) is 6.53. The summed E-state index contributed by atoms with van der Waals surface area (Å²) in [6.45, 7) is 0.621. The van der Waals surface area contributed by atoms with Crippen LogP contribution < -0.4 is 15.2 Å². The van der Waals surface area contributed by atoms with Crippen LogP contribution in [0, 0.1) is 0 Å². The molecule has 8 heteroatoms. The SMILES string of the molecule is NC(=O)C1NCCc2ccc(OS(=O)(=O)c3cccc4c(Cl)cccc34)cc21. The summed E-state index contributed by atoms with van der Waals surface area (Å²) in [5.41, 5.74) is 7.02. The van der Waals surface area contributed by atoms with Crippen LogP contribution in [0.2, 0.25) is 5.02 Å². The first-order valence-corrected chi connectivity index (χ1v) is 10.4. The number of hydrogen-bond donors (Lipinski definition) is 2. The van der Waals surface area contributed by atoms with Crippen LogP contribution in [0.15, 0.2) is 59.5 Å². The third-order valence-corrected chi connectivity index (χ3v) is 6.40. The van der Waals surface area contributed by atoms with Crippen LogP contribution in [0.3, 0.4) is 0 Å². The van der Waals surface area contributed by atoms with E-state index >= 15 is 0 Å². The largest absolute Gasteiger partial charge is 0.379 e. The van der Waals surface area contributed by atoms with Gasteiger partial charge in [0.1, 0.15) is 16.7 Å². The third-order valence-electron chi connectivity index (χ3n) is 4.76. The van der Waals surface area contributed by atoms with E-state index in [1.54, 1.807) is 48.5 Å². The molecular formula is C20H17ClN2O4S. The van der Waals surface area contributed by atoms with Gasteiger partial charge in [0.15, 0.2) is 0 Å². The van der Waals surface area contributed by atoms with Gasteiger partial charge in [-0.25, -0.2) is 0 Å². The second-order valence-corrected chi connectivity index (χ2v) is 8.45. The number of carbonyl (C=O) groups excluding carboxylic acids is 1. The number of fused-ring (bicyclic) bond motifs is 2. The van der Waals surface area contributed by atoms with Crippen molar-refractivity contribution < 1.29 is 17.4 Å². The first-order valence-electron chi connectivity index (χ1n) is 8.64. The number of carbonyl (C=O) groups is 1. The van der Waals surface area contributed by atoms with Crippen LogP contribution >= 0.6 is 11.6 Å². The van der Waals surface area contributed by atoms with Crippen molar-refractivity contribution in [1.82, 2.24) is 5.32 Å². The summed E-state index contributed by atoms with van der Waals surface area (Å²) >= 11 is 6.18. The van der Waals surface area contributed by atoms with Gasteiger partial charge in [0.05, 0.1) is 0 Å². The van der Waals surface area contributed by atoms with Crippen molar-refractivity contribution in [2.45, 2.75) is 17.4 Å². The first kappa shape index (κ1) is 18.7. The summed E-state index contributed by atoms with van der Waals surface area (Å²) < 4.78 is 31.3. The molecule has 1 unspecified atom stereocenters. The number of rotatable bonds is 4. The highest BCUT2D eigenvalue weighted by Gasteiger charge is 2.26. The fraction of sp³-hybridized carbons (Fsp3) is 0.150. The molecule has 1 aliphatic rings. The Morgan fingerprint density at radius 1 is 1.11 bits per heavy atom. The molecule has 1 amide bonds. The van der Waals surface area contributed by atoms with E-state index in [0.717, 1.165) is 5.56 Å². The summed E-state index contributed by atoms with van der Waals surface area (Å²) in [5, 5.41) is 4.59. The van der Waals surface area contributed by atoms with Crippen LogP contribution in [0.4, 0.5) is 0 Å². The van der Waals surface area contributed by atoms with Gasteiger partial charge in [0, 0.05) is 22.3 Å². The number of halogens is 1. The van der Waals surface area contributed by atoms with E-state index < -0.39 is 22.1 Å². The first-order chi connectivity index (χ1) is 13.4. The molecule has 0 aromatic heterocycles. The normalized spacial score (nSPS) is 16.5. The average molecular weight is 417 g/mol. The Bertz CT molecular complexity index is 1190. The zero-order valence-corrected chi connectivity index (χ0v) is 16.3. The maximum absolute atomic E-state index is 12.9. The van der Waals surface area contributed by atoms with Crippen molar-refractivity contribution in [3.8, 4) is 5.75 Å². The lowest BCUT2D eigenvalue weighted by Crippen LogP contribution is -2.38. The zero-order chi connectivity index (χ0) is 19.9. The number of nitrogens with one attached hydrogen (secondary N) is 1. The van der Waals surface area contributed by atoms with E-state index in [4.69, 9.17) is 21.5 Å². The highest BCUT2D eigenvalue weighted by atomic mass is 35.5. The minimum absolute atomic E-state index is 0.0230. The van der Waals surface area contributed by atoms with Crippen molar-refractivity contribution >= 4 is 38.4 Å². The zero-order valence-electron chi connectivity index (χ0n) is 14.7. The minimum atomic E-state index is -4.12. The minimum Gasteiger partial charge on any atom is -0.379 e. The topological polar surface area (TPSA) is 98.5 Å². The monoisotopic (exact) mass is 416 g/mol. The highest BCUT2D eigenvalue weighted by Crippen LogP contribution is 2.32. The molecule has 0 bridgehead atoms. The standard InChI is InChI=1S/C20H17ClN2O4S/c21-17-5-1-4-15-14(17)3-2-6-18(15)28(25,26)27-13-8-7-12-9-10-23-19(20(22)24)16(12)11-13/h1-8,11,19,23H,9-10H2,(H2,22,24). The maximum atomic E-state index is 12.9. The van der Waals surface area contributed by atoms with Crippen molar-refractivity contribution in [2.24, 2.45) is 5.73 Å². The molecule has 28 heavy (non-hydrogen) atoms. The Hall–Kier alpha value is -2.61. The second kappa shape index (κ2) is 7.09. The predicted octanol–water partition coefficient (Wildman–Crippen LogP) is 2.93. The van der Waals surface area contributed by atoms with Crippen molar-refractivity contribution in [1.29, 1.82) is 0 Å². The van der Waals surface area contributed by atoms with E-state index in [0.29, 0.717) is 34.3 Å². The Balaban J connectivity index is 1.75. The Morgan fingerprint density at radius 2 is 1.86 bits per heavy atom. The van der Waals surface area contributed by atoms with E-state index in [2.05, 4.69) is 5.32 Å². The lowest BCUT2D eigenvalue weighted by molar-refractivity contribution is -0.120. The van der Waals surface area contributed by atoms with Gasteiger partial charge in [-0.15, -0.1) is 0 Å². The molecule has 0 saturated heterocycles. The van der Waals surface area contributed by atoms with E-state index in [1.807, 2.05) is 0 Å². The Morgan fingerprint density at radius 3 is 2.64 bits per heavy atom. The predicted molar refractivity (Wildman–Crippen MR) is 107 cm³/mol. The Labute approximate surface area is 167 Å². The summed E-state index contributed by atoms with van der Waals surface area (Å²) in [6, 6.07) is 14.1. The molecule has 3 aromatic carbocycles. The summed E-state index contributed by atoms with van der Waals surface area (Å²) in [6.07, 6.45) is 0.716. The van der Waals surface area contributed by atoms with Gasteiger partial charge in [0.25, 0.3) is 0 Å². The third kappa shape index (κ3) is 3.32. The summed E-state index contributed by atoms with van der Waals surface area (Å²) in [4.78, 5) is 11.7. The van der Waals surface area contributed by atoms with Crippen LogP contribution in [0.1, 0.15) is 17.2 Å². The molecule has 144 valence electrons. The van der Waals surface area contributed by atoms with Gasteiger partial charge in [-0.1, -0.05) is 41.9 Å². The molecule has 0 aliphatic carbocycles. The Kier molecular flexibility index (Phi) is 4.74. The van der Waals surface area contributed by atoms with Crippen LogP contribution in [-0.2, 0) is 21.3 Å². The molecule has 1 atom stereocenters. The molecule has 0 radical (unpaired) electrons. The average Bonchev–Trinajstić information content (AvgIpc) is 2.67. The van der Waals surface area contributed by atoms with E-state index in [9.17, 15) is 13.2 Å². The van der Waals surface area contributed by atoms with Gasteiger partial charge in [-0.05, 0) is 41.8 Å². The van der Waals surface area contributed by atoms with E-state index in [-0.39, 0.29) is 10.6 Å². The lowest BCUT2D eigenvalue weighted by atomic mass is 9.94. The van der Waals surface area contributed by atoms with Gasteiger partial charge >= 0.3 is 10.1 Å². The number of hydrogen-bond acceptors (Lipinski definition) is 5. The molecule has 3 aromatic rings. The highest BCUT2D eigenvalue weighted by molar-refractivity contribution is 7.87. The lowest BCUT2D eigenvalue weighted by Gasteiger charge is -2.25. The van der Waals surface area contributed by atoms with Gasteiger partial charge in [0.2, 0.25) is 5.91 Å². The van der Waals surface area contributed by atoms with E-state index in [1.165, 1.54) is 6.07 Å². The molecule has 6 nitrogen and oxygen atoms in total. The van der Waals surface area contributed by atoms with Crippen LogP contribution in [0.5, 0.6) is 5.75 Å². The van der Waals surface area contributed by atoms with Gasteiger partial charge < -0.3 is 15.2 Å². The molecular weight excluding hydrogens is 400 g/mol. The van der Waals surface area contributed by atoms with Gasteiger partial charge in [-0.2, -0.15) is 8.42 Å². The smallest absolute Gasteiger partial charge is 0.339 e. The molecule has 1 heterocycles. The number of primary amides is 1. The summed E-state index contributed by atoms with van der Waals surface area (Å²) in [5.74, 6) is -0.405. The number of amides is 1.